The molecular formula is C29H26N4. The highest BCUT2D eigenvalue weighted by Crippen LogP contribution is 2.36. The van der Waals surface area contributed by atoms with E-state index in [0.717, 1.165) is 33.8 Å². The van der Waals surface area contributed by atoms with Gasteiger partial charge < -0.3 is 5.32 Å². The molecule has 0 saturated heterocycles. The Morgan fingerprint density at radius 3 is 2.12 bits per heavy atom. The summed E-state index contributed by atoms with van der Waals surface area (Å²) < 4.78 is 2.28. The predicted molar refractivity (Wildman–Crippen MR) is 136 cm³/mol. The van der Waals surface area contributed by atoms with E-state index in [1.165, 1.54) is 36.1 Å². The fraction of sp³-hybridized carbons (Fsp3) is 0.172. The third-order valence-electron chi connectivity index (χ3n) is 6.64. The molecule has 2 heterocycles. The summed E-state index contributed by atoms with van der Waals surface area (Å²) in [5.74, 6) is 0.740. The van der Waals surface area contributed by atoms with Gasteiger partial charge in [-0.2, -0.15) is 0 Å². The van der Waals surface area contributed by atoms with Gasteiger partial charge >= 0.3 is 0 Å². The maximum atomic E-state index is 5.06. The molecule has 1 aliphatic rings. The molecule has 3 aromatic carbocycles. The Bertz CT molecular complexity index is 1400. The second kappa shape index (κ2) is 8.21. The first-order valence-electron chi connectivity index (χ1n) is 11.6. The molecule has 33 heavy (non-hydrogen) atoms. The number of aryl methyl sites for hydroxylation is 1. The maximum absolute atomic E-state index is 5.06. The van der Waals surface area contributed by atoms with Crippen LogP contribution in [-0.2, 0) is 0 Å². The quantitative estimate of drug-likeness (QED) is 0.325. The van der Waals surface area contributed by atoms with Crippen molar-refractivity contribution >= 4 is 16.7 Å². The lowest BCUT2D eigenvalue weighted by Gasteiger charge is -2.27. The molecule has 4 nitrogen and oxygen atoms in total. The van der Waals surface area contributed by atoms with Crippen molar-refractivity contribution in [3.63, 3.8) is 0 Å². The van der Waals surface area contributed by atoms with E-state index in [9.17, 15) is 0 Å². The van der Waals surface area contributed by atoms with Gasteiger partial charge in [-0.25, -0.2) is 9.97 Å². The van der Waals surface area contributed by atoms with Crippen LogP contribution in [0.1, 0.15) is 24.8 Å². The van der Waals surface area contributed by atoms with Crippen molar-refractivity contribution in [2.75, 3.05) is 5.32 Å². The zero-order chi connectivity index (χ0) is 22.2. The molecule has 4 heteroatoms. The lowest BCUT2D eigenvalue weighted by Crippen LogP contribution is -2.26. The maximum Gasteiger partial charge on any atom is 0.161 e. The van der Waals surface area contributed by atoms with E-state index in [0.29, 0.717) is 6.04 Å². The molecule has 0 unspecified atom stereocenters. The molecule has 1 saturated carbocycles. The summed E-state index contributed by atoms with van der Waals surface area (Å²) in [6.07, 6.45) is 5.82. The molecule has 2 aromatic heterocycles. The second-order valence-corrected chi connectivity index (χ2v) is 8.79. The van der Waals surface area contributed by atoms with E-state index in [1.807, 2.05) is 24.4 Å². The van der Waals surface area contributed by atoms with Gasteiger partial charge in [0.1, 0.15) is 5.65 Å². The van der Waals surface area contributed by atoms with Crippen molar-refractivity contribution < 1.29 is 0 Å². The zero-order valence-corrected chi connectivity index (χ0v) is 18.7. The SMILES string of the molecule is Cc1c(-c2ccccc2)n(-c2ccc(NC3CCC3)cc2)c2nc(-c3ccccc3)ncc12. The van der Waals surface area contributed by atoms with Crippen molar-refractivity contribution in [3.05, 3.63) is 96.7 Å². The van der Waals surface area contributed by atoms with Crippen molar-refractivity contribution in [1.82, 2.24) is 14.5 Å². The molecule has 0 aliphatic heterocycles. The van der Waals surface area contributed by atoms with Gasteiger partial charge in [-0.3, -0.25) is 4.57 Å². The van der Waals surface area contributed by atoms with Crippen LogP contribution in [0.2, 0.25) is 0 Å². The monoisotopic (exact) mass is 430 g/mol. The first-order chi connectivity index (χ1) is 16.3. The molecular weight excluding hydrogens is 404 g/mol. The number of hydrogen-bond acceptors (Lipinski definition) is 3. The van der Waals surface area contributed by atoms with Gasteiger partial charge in [-0.15, -0.1) is 0 Å². The number of anilines is 1. The zero-order valence-electron chi connectivity index (χ0n) is 18.7. The number of benzene rings is 3. The molecule has 1 N–H and O–H groups in total. The summed E-state index contributed by atoms with van der Waals surface area (Å²) in [5, 5.41) is 4.72. The van der Waals surface area contributed by atoms with Crippen molar-refractivity contribution in [2.45, 2.75) is 32.2 Å². The van der Waals surface area contributed by atoms with Crippen LogP contribution in [0.5, 0.6) is 0 Å². The van der Waals surface area contributed by atoms with Gasteiger partial charge in [0.15, 0.2) is 5.82 Å². The average molecular weight is 431 g/mol. The smallest absolute Gasteiger partial charge is 0.161 e. The summed E-state index contributed by atoms with van der Waals surface area (Å²) in [4.78, 5) is 9.77. The van der Waals surface area contributed by atoms with Crippen LogP contribution < -0.4 is 5.32 Å². The van der Waals surface area contributed by atoms with Gasteiger partial charge in [0.25, 0.3) is 0 Å². The number of nitrogens with zero attached hydrogens (tertiary/aromatic N) is 3. The summed E-state index contributed by atoms with van der Waals surface area (Å²) >= 11 is 0. The molecule has 162 valence electrons. The second-order valence-electron chi connectivity index (χ2n) is 8.79. The van der Waals surface area contributed by atoms with E-state index in [-0.39, 0.29) is 0 Å². The molecule has 1 aliphatic carbocycles. The summed E-state index contributed by atoms with van der Waals surface area (Å²) in [5.41, 5.74) is 7.75. The number of aromatic nitrogens is 3. The molecule has 5 aromatic rings. The minimum Gasteiger partial charge on any atom is -0.382 e. The molecule has 1 fully saturated rings. The third kappa shape index (κ3) is 3.58. The number of rotatable bonds is 5. The van der Waals surface area contributed by atoms with Crippen LogP contribution in [0, 0.1) is 6.92 Å². The summed E-state index contributed by atoms with van der Waals surface area (Å²) in [7, 11) is 0. The molecule has 0 radical (unpaired) electrons. The molecule has 0 spiro atoms. The molecule has 0 amide bonds. The highest BCUT2D eigenvalue weighted by Gasteiger charge is 2.20. The normalized spacial score (nSPS) is 13.7. The van der Waals surface area contributed by atoms with Gasteiger partial charge in [0.05, 0.1) is 5.69 Å². The summed E-state index contributed by atoms with van der Waals surface area (Å²) in [6.45, 7) is 2.17. The van der Waals surface area contributed by atoms with E-state index in [2.05, 4.69) is 83.5 Å². The molecule has 0 atom stereocenters. The Hall–Kier alpha value is -3.92. The predicted octanol–water partition coefficient (Wildman–Crippen LogP) is 7.03. The van der Waals surface area contributed by atoms with Crippen LogP contribution in [0.3, 0.4) is 0 Å². The minimum atomic E-state index is 0.617. The molecule has 6 rings (SSSR count). The van der Waals surface area contributed by atoms with Crippen LogP contribution in [-0.4, -0.2) is 20.6 Å². The van der Waals surface area contributed by atoms with E-state index in [1.54, 1.807) is 0 Å². The van der Waals surface area contributed by atoms with Gasteiger partial charge in [0, 0.05) is 34.6 Å². The van der Waals surface area contributed by atoms with Crippen LogP contribution in [0.4, 0.5) is 5.69 Å². The topological polar surface area (TPSA) is 42.7 Å². The van der Waals surface area contributed by atoms with Crippen molar-refractivity contribution in [2.24, 2.45) is 0 Å². The minimum absolute atomic E-state index is 0.617. The molecule has 0 bridgehead atoms. The third-order valence-corrected chi connectivity index (χ3v) is 6.64. The highest BCUT2D eigenvalue weighted by molar-refractivity contribution is 5.91. The average Bonchev–Trinajstić information content (AvgIpc) is 3.14. The number of fused-ring (bicyclic) bond motifs is 1. The largest absolute Gasteiger partial charge is 0.382 e. The van der Waals surface area contributed by atoms with E-state index < -0.39 is 0 Å². The fourth-order valence-electron chi connectivity index (χ4n) is 4.62. The number of hydrogen-bond donors (Lipinski definition) is 1. The van der Waals surface area contributed by atoms with Gasteiger partial charge in [0.2, 0.25) is 0 Å². The van der Waals surface area contributed by atoms with Crippen LogP contribution in [0.15, 0.2) is 91.1 Å². The lowest BCUT2D eigenvalue weighted by molar-refractivity contribution is 0.445. The number of nitrogens with one attached hydrogen (secondary N) is 1. The Balaban J connectivity index is 1.54. The van der Waals surface area contributed by atoms with Crippen molar-refractivity contribution in [1.29, 1.82) is 0 Å². The van der Waals surface area contributed by atoms with Crippen molar-refractivity contribution in [3.8, 4) is 28.3 Å². The van der Waals surface area contributed by atoms with Gasteiger partial charge in [-0.05, 0) is 61.6 Å². The Morgan fingerprint density at radius 2 is 1.48 bits per heavy atom. The van der Waals surface area contributed by atoms with Crippen LogP contribution in [0.25, 0.3) is 39.4 Å². The Labute approximate surface area is 194 Å². The standard InChI is InChI=1S/C29H26N4/c1-20-26-19-30-28(22-11-6-3-7-12-22)32-29(26)33(27(20)21-9-4-2-5-10-21)25-17-15-24(16-18-25)31-23-13-8-14-23/h2-7,9-12,15-19,23,31H,8,13-14H2,1H3. The van der Waals surface area contributed by atoms with E-state index in [4.69, 9.17) is 9.97 Å². The fourth-order valence-corrected chi connectivity index (χ4v) is 4.62. The lowest BCUT2D eigenvalue weighted by atomic mass is 9.93. The van der Waals surface area contributed by atoms with Gasteiger partial charge in [-0.1, -0.05) is 60.7 Å². The first-order valence-corrected chi connectivity index (χ1v) is 11.6. The Morgan fingerprint density at radius 1 is 0.818 bits per heavy atom. The first kappa shape index (κ1) is 19.7. The van der Waals surface area contributed by atoms with E-state index >= 15 is 0 Å². The summed E-state index contributed by atoms with van der Waals surface area (Å²) in [6, 6.07) is 30.1. The Kier molecular flexibility index (Phi) is 4.91. The van der Waals surface area contributed by atoms with Crippen LogP contribution >= 0.6 is 0 Å². The highest BCUT2D eigenvalue weighted by atomic mass is 15.1.